The van der Waals surface area contributed by atoms with Crippen LogP contribution < -0.4 is 0 Å². The third-order valence-electron chi connectivity index (χ3n) is 4.63. The van der Waals surface area contributed by atoms with E-state index in [1.807, 2.05) is 0 Å². The van der Waals surface area contributed by atoms with E-state index >= 15 is 0 Å². The Morgan fingerprint density at radius 3 is 1.33 bits per heavy atom. The van der Waals surface area contributed by atoms with Gasteiger partial charge in [0.05, 0.1) is 18.6 Å². The van der Waals surface area contributed by atoms with E-state index in [2.05, 4.69) is 0 Å². The largest absolute Gasteiger partial charge is 0.362 e. The summed E-state index contributed by atoms with van der Waals surface area (Å²) in [4.78, 5) is 0. The molecule has 88 valence electrons. The van der Waals surface area contributed by atoms with Gasteiger partial charge in [0.1, 0.15) is 0 Å². The normalized spacial score (nSPS) is 25.2. The first kappa shape index (κ1) is 11.8. The zero-order chi connectivity index (χ0) is 10.7. The van der Waals surface area contributed by atoms with Gasteiger partial charge in [-0.25, -0.2) is 0 Å². The molecule has 0 amide bonds. The highest BCUT2D eigenvalue weighted by Gasteiger charge is 2.52. The first-order chi connectivity index (χ1) is 7.33. The monoisotopic (exact) mass is 231 g/mol. The van der Waals surface area contributed by atoms with Gasteiger partial charge < -0.3 is 10.2 Å². The second kappa shape index (κ2) is 5.12. The summed E-state index contributed by atoms with van der Waals surface area (Å²) in [5.74, 6) is 0. The van der Waals surface area contributed by atoms with E-state index in [1.54, 1.807) is 0 Å². The van der Waals surface area contributed by atoms with Gasteiger partial charge in [-0.15, -0.1) is 0 Å². The van der Waals surface area contributed by atoms with Crippen molar-refractivity contribution >= 4 is 7.26 Å². The summed E-state index contributed by atoms with van der Waals surface area (Å²) < 4.78 is 0. The predicted octanol–water partition coefficient (Wildman–Crippen LogP) is 2.79. The van der Waals surface area contributed by atoms with Crippen LogP contribution in [0.3, 0.4) is 0 Å². The fraction of sp³-hybridized carbons (Fsp3) is 1.00. The molecule has 0 aliphatic heterocycles. The highest BCUT2D eigenvalue weighted by atomic mass is 31.2. The van der Waals surface area contributed by atoms with Gasteiger partial charge in [-0.05, 0) is 51.4 Å². The predicted molar refractivity (Wildman–Crippen MR) is 65.6 cm³/mol. The number of hydrogen-bond donors (Lipinski definition) is 2. The molecule has 2 nitrogen and oxygen atoms in total. The molecule has 0 aromatic rings. The molecule has 0 atom stereocenters. The molecule has 2 rings (SSSR count). The molecule has 0 spiro atoms. The lowest BCUT2D eigenvalue weighted by Gasteiger charge is -2.34. The molecule has 2 aliphatic rings. The Kier molecular flexibility index (Phi) is 4.04. The third-order valence-corrected chi connectivity index (χ3v) is 9.63. The summed E-state index contributed by atoms with van der Waals surface area (Å²) in [7, 11) is -1.44. The molecule has 0 aromatic carbocycles. The van der Waals surface area contributed by atoms with E-state index in [4.69, 9.17) is 0 Å². The second-order valence-corrected chi connectivity index (χ2v) is 9.49. The maximum atomic E-state index is 9.79. The SMILES string of the molecule is OC[P+](CO)(C1CCCC1)C1CCCC1. The van der Waals surface area contributed by atoms with Crippen LogP contribution in [0.4, 0.5) is 0 Å². The molecule has 2 fully saturated rings. The maximum absolute atomic E-state index is 9.79. The lowest BCUT2D eigenvalue weighted by Crippen LogP contribution is -2.25. The van der Waals surface area contributed by atoms with E-state index in [-0.39, 0.29) is 0 Å². The van der Waals surface area contributed by atoms with Gasteiger partial charge in [0.15, 0.2) is 12.7 Å². The van der Waals surface area contributed by atoms with Gasteiger partial charge >= 0.3 is 0 Å². The van der Waals surface area contributed by atoms with Crippen LogP contribution in [0.25, 0.3) is 0 Å². The summed E-state index contributed by atoms with van der Waals surface area (Å²) in [6, 6.07) is 0. The zero-order valence-electron chi connectivity index (χ0n) is 9.57. The van der Waals surface area contributed by atoms with Crippen molar-refractivity contribution in [3.05, 3.63) is 0 Å². The fourth-order valence-corrected chi connectivity index (χ4v) is 8.04. The first-order valence-electron chi connectivity index (χ1n) is 6.41. The van der Waals surface area contributed by atoms with Gasteiger partial charge in [0, 0.05) is 0 Å². The Morgan fingerprint density at radius 2 is 1.07 bits per heavy atom. The van der Waals surface area contributed by atoms with E-state index in [9.17, 15) is 10.2 Å². The summed E-state index contributed by atoms with van der Waals surface area (Å²) in [6.07, 6.45) is 11.0. The van der Waals surface area contributed by atoms with E-state index in [1.165, 1.54) is 51.4 Å². The second-order valence-electron chi connectivity index (χ2n) is 5.26. The Balaban J connectivity index is 2.13. The van der Waals surface area contributed by atoms with Crippen LogP contribution >= 0.6 is 7.26 Å². The standard InChI is InChI=1S/C12H24O2P/c13-9-15(10-14,11-5-1-2-6-11)12-7-3-4-8-12/h11-14H,1-10H2/q+1. The van der Waals surface area contributed by atoms with Crippen molar-refractivity contribution in [2.24, 2.45) is 0 Å². The van der Waals surface area contributed by atoms with Gasteiger partial charge in [-0.2, -0.15) is 0 Å². The highest BCUT2D eigenvalue weighted by Crippen LogP contribution is 2.71. The van der Waals surface area contributed by atoms with Crippen molar-refractivity contribution < 1.29 is 10.2 Å². The molecular weight excluding hydrogens is 207 g/mol. The minimum absolute atomic E-state index is 0.304. The summed E-state index contributed by atoms with van der Waals surface area (Å²) in [6.45, 7) is 0. The third kappa shape index (κ3) is 2.09. The summed E-state index contributed by atoms with van der Waals surface area (Å²) in [5, 5.41) is 19.6. The summed E-state index contributed by atoms with van der Waals surface area (Å²) >= 11 is 0. The van der Waals surface area contributed by atoms with Crippen LogP contribution in [0.5, 0.6) is 0 Å². The van der Waals surface area contributed by atoms with Gasteiger partial charge in [-0.3, -0.25) is 0 Å². The number of aliphatic hydroxyl groups is 2. The van der Waals surface area contributed by atoms with Crippen LogP contribution in [0.2, 0.25) is 0 Å². The summed E-state index contributed by atoms with van der Waals surface area (Å²) in [5.41, 5.74) is 1.38. The Bertz CT molecular complexity index is 174. The Morgan fingerprint density at radius 1 is 0.733 bits per heavy atom. The lowest BCUT2D eigenvalue weighted by atomic mass is 10.4. The molecular formula is C12H24O2P+. The minimum atomic E-state index is -1.44. The molecule has 2 saturated carbocycles. The van der Waals surface area contributed by atoms with Crippen LogP contribution in [-0.4, -0.2) is 34.2 Å². The molecule has 0 bridgehead atoms. The van der Waals surface area contributed by atoms with Crippen molar-refractivity contribution in [1.29, 1.82) is 0 Å². The van der Waals surface area contributed by atoms with Crippen molar-refractivity contribution in [1.82, 2.24) is 0 Å². The number of rotatable bonds is 4. The van der Waals surface area contributed by atoms with E-state index < -0.39 is 7.26 Å². The van der Waals surface area contributed by atoms with Gasteiger partial charge in [-0.1, -0.05) is 0 Å². The highest BCUT2D eigenvalue weighted by molar-refractivity contribution is 7.76. The lowest BCUT2D eigenvalue weighted by molar-refractivity contribution is 0.331. The van der Waals surface area contributed by atoms with Crippen LogP contribution in [0.15, 0.2) is 0 Å². The smallest absolute Gasteiger partial charge is 0.156 e. The Labute approximate surface area is 93.4 Å². The molecule has 2 aliphatic carbocycles. The van der Waals surface area contributed by atoms with Gasteiger partial charge in [0.25, 0.3) is 0 Å². The number of aliphatic hydroxyl groups excluding tert-OH is 2. The van der Waals surface area contributed by atoms with Crippen LogP contribution in [0.1, 0.15) is 51.4 Å². The van der Waals surface area contributed by atoms with Crippen molar-refractivity contribution in [2.75, 3.05) is 12.7 Å². The maximum Gasteiger partial charge on any atom is 0.156 e. The van der Waals surface area contributed by atoms with E-state index in [0.717, 1.165) is 0 Å². The molecule has 2 N–H and O–H groups in total. The molecule has 0 heterocycles. The molecule has 0 aromatic heterocycles. The molecule has 0 unspecified atom stereocenters. The topological polar surface area (TPSA) is 40.5 Å². The molecule has 3 heteroatoms. The van der Waals surface area contributed by atoms with Gasteiger partial charge in [0.2, 0.25) is 0 Å². The first-order valence-corrected chi connectivity index (χ1v) is 8.71. The quantitative estimate of drug-likeness (QED) is 0.730. The molecule has 15 heavy (non-hydrogen) atoms. The van der Waals surface area contributed by atoms with Crippen molar-refractivity contribution in [3.63, 3.8) is 0 Å². The number of hydrogen-bond acceptors (Lipinski definition) is 2. The van der Waals surface area contributed by atoms with Crippen LogP contribution in [-0.2, 0) is 0 Å². The average Bonchev–Trinajstić information content (AvgIpc) is 2.92. The fourth-order valence-electron chi connectivity index (χ4n) is 3.64. The molecule has 0 radical (unpaired) electrons. The van der Waals surface area contributed by atoms with Crippen LogP contribution in [0, 0.1) is 0 Å². The minimum Gasteiger partial charge on any atom is -0.362 e. The average molecular weight is 231 g/mol. The van der Waals surface area contributed by atoms with Crippen molar-refractivity contribution in [3.8, 4) is 0 Å². The Hall–Kier alpha value is 0.350. The van der Waals surface area contributed by atoms with E-state index in [0.29, 0.717) is 24.0 Å². The van der Waals surface area contributed by atoms with Crippen molar-refractivity contribution in [2.45, 2.75) is 62.7 Å². The zero-order valence-corrected chi connectivity index (χ0v) is 10.5. The molecule has 0 saturated heterocycles.